The molecule has 0 aliphatic carbocycles. The van der Waals surface area contributed by atoms with Crippen LogP contribution in [0.3, 0.4) is 0 Å². The summed E-state index contributed by atoms with van der Waals surface area (Å²) in [5, 5.41) is 2.96. The minimum absolute atomic E-state index is 0.0630. The topological polar surface area (TPSA) is 55.1 Å². The van der Waals surface area contributed by atoms with E-state index in [4.69, 9.17) is 4.42 Å². The number of amides is 1. The molecule has 0 radical (unpaired) electrons. The molecule has 1 atom stereocenters. The van der Waals surface area contributed by atoms with Crippen molar-refractivity contribution in [1.29, 1.82) is 0 Å². The van der Waals surface area contributed by atoms with E-state index in [0.29, 0.717) is 18.7 Å². The van der Waals surface area contributed by atoms with Gasteiger partial charge in [-0.25, -0.2) is 4.98 Å². The Bertz CT molecular complexity index is 590. The zero-order valence-electron chi connectivity index (χ0n) is 12.8. The van der Waals surface area contributed by atoms with Crippen molar-refractivity contribution in [3.63, 3.8) is 0 Å². The van der Waals surface area contributed by atoms with E-state index in [2.05, 4.69) is 17.2 Å². The number of benzene rings is 1. The van der Waals surface area contributed by atoms with Gasteiger partial charge in [0.15, 0.2) is 0 Å². The van der Waals surface area contributed by atoms with Crippen molar-refractivity contribution in [2.75, 3.05) is 0 Å². The van der Waals surface area contributed by atoms with E-state index in [0.717, 1.165) is 23.4 Å². The Balaban J connectivity index is 1.99. The highest BCUT2D eigenvalue weighted by atomic mass is 16.4. The summed E-state index contributed by atoms with van der Waals surface area (Å²) in [5.74, 6) is 1.46. The summed E-state index contributed by atoms with van der Waals surface area (Å²) in [4.78, 5) is 16.3. The van der Waals surface area contributed by atoms with Crippen LogP contribution in [0.25, 0.3) is 11.5 Å². The lowest BCUT2D eigenvalue weighted by Crippen LogP contribution is -2.32. The van der Waals surface area contributed by atoms with Gasteiger partial charge in [0.1, 0.15) is 5.76 Å². The highest BCUT2D eigenvalue weighted by molar-refractivity contribution is 5.76. The van der Waals surface area contributed by atoms with Crippen LogP contribution in [0, 0.1) is 6.92 Å². The molecule has 2 rings (SSSR count). The van der Waals surface area contributed by atoms with Gasteiger partial charge in [-0.15, -0.1) is 0 Å². The number of aromatic nitrogens is 1. The van der Waals surface area contributed by atoms with E-state index in [1.54, 1.807) is 0 Å². The Morgan fingerprint density at radius 3 is 2.71 bits per heavy atom. The number of rotatable bonds is 6. The lowest BCUT2D eigenvalue weighted by Gasteiger charge is -2.10. The molecule has 2 aromatic rings. The van der Waals surface area contributed by atoms with Crippen LogP contribution in [0.2, 0.25) is 0 Å². The first-order valence-electron chi connectivity index (χ1n) is 7.41. The van der Waals surface area contributed by atoms with Gasteiger partial charge in [0.2, 0.25) is 11.8 Å². The van der Waals surface area contributed by atoms with E-state index >= 15 is 0 Å². The molecular weight excluding hydrogens is 264 g/mol. The molecule has 21 heavy (non-hydrogen) atoms. The average Bonchev–Trinajstić information content (AvgIpc) is 2.87. The standard InChI is InChI=1S/C17H22N2O2/c1-4-12(2)18-16(20)11-10-15-13(3)21-17(19-15)14-8-6-5-7-9-14/h5-9,12H,4,10-11H2,1-3H3,(H,18,20). The molecule has 0 saturated carbocycles. The predicted molar refractivity (Wildman–Crippen MR) is 82.9 cm³/mol. The van der Waals surface area contributed by atoms with Gasteiger partial charge in [0, 0.05) is 24.4 Å². The van der Waals surface area contributed by atoms with Crippen molar-refractivity contribution in [3.8, 4) is 11.5 Å². The summed E-state index contributed by atoms with van der Waals surface area (Å²) < 4.78 is 5.69. The largest absolute Gasteiger partial charge is 0.441 e. The smallest absolute Gasteiger partial charge is 0.226 e. The van der Waals surface area contributed by atoms with Crippen molar-refractivity contribution in [1.82, 2.24) is 10.3 Å². The first kappa shape index (κ1) is 15.3. The lowest BCUT2D eigenvalue weighted by molar-refractivity contribution is -0.121. The number of nitrogens with one attached hydrogen (secondary N) is 1. The Morgan fingerprint density at radius 2 is 2.05 bits per heavy atom. The summed E-state index contributed by atoms with van der Waals surface area (Å²) in [5.41, 5.74) is 1.81. The van der Waals surface area contributed by atoms with Crippen molar-refractivity contribution in [2.45, 2.75) is 46.1 Å². The first-order valence-corrected chi connectivity index (χ1v) is 7.41. The van der Waals surface area contributed by atoms with Crippen molar-refractivity contribution in [3.05, 3.63) is 41.8 Å². The Kier molecular flexibility index (Phi) is 5.14. The second-order valence-electron chi connectivity index (χ2n) is 5.26. The molecular formula is C17H22N2O2. The SMILES string of the molecule is CCC(C)NC(=O)CCc1nc(-c2ccccc2)oc1C. The molecule has 4 heteroatoms. The number of oxazole rings is 1. The molecule has 1 N–H and O–H groups in total. The Hall–Kier alpha value is -2.10. The van der Waals surface area contributed by atoms with E-state index in [1.807, 2.05) is 44.2 Å². The van der Waals surface area contributed by atoms with Gasteiger partial charge in [-0.3, -0.25) is 4.79 Å². The highest BCUT2D eigenvalue weighted by Gasteiger charge is 2.13. The van der Waals surface area contributed by atoms with Crippen LogP contribution < -0.4 is 5.32 Å². The van der Waals surface area contributed by atoms with Crippen molar-refractivity contribution >= 4 is 5.91 Å². The highest BCUT2D eigenvalue weighted by Crippen LogP contribution is 2.22. The third kappa shape index (κ3) is 4.18. The molecule has 4 nitrogen and oxygen atoms in total. The third-order valence-electron chi connectivity index (χ3n) is 3.52. The zero-order chi connectivity index (χ0) is 15.2. The fourth-order valence-electron chi connectivity index (χ4n) is 2.05. The van der Waals surface area contributed by atoms with Crippen LogP contribution in [-0.2, 0) is 11.2 Å². The summed E-state index contributed by atoms with van der Waals surface area (Å²) in [6, 6.07) is 10.0. The third-order valence-corrected chi connectivity index (χ3v) is 3.52. The first-order chi connectivity index (χ1) is 10.1. The monoisotopic (exact) mass is 286 g/mol. The summed E-state index contributed by atoms with van der Waals surface area (Å²) in [7, 11) is 0. The molecule has 0 spiro atoms. The van der Waals surface area contributed by atoms with E-state index in [9.17, 15) is 4.79 Å². The van der Waals surface area contributed by atoms with Crippen LogP contribution in [0.1, 0.15) is 38.1 Å². The van der Waals surface area contributed by atoms with E-state index < -0.39 is 0 Å². The van der Waals surface area contributed by atoms with Crippen molar-refractivity contribution in [2.24, 2.45) is 0 Å². The van der Waals surface area contributed by atoms with E-state index in [-0.39, 0.29) is 11.9 Å². The van der Waals surface area contributed by atoms with Crippen LogP contribution in [0.4, 0.5) is 0 Å². The summed E-state index contributed by atoms with van der Waals surface area (Å²) in [6.07, 6.45) is 1.98. The quantitative estimate of drug-likeness (QED) is 0.884. The zero-order valence-corrected chi connectivity index (χ0v) is 12.8. The van der Waals surface area contributed by atoms with Gasteiger partial charge in [0.25, 0.3) is 0 Å². The van der Waals surface area contributed by atoms with Gasteiger partial charge in [-0.1, -0.05) is 25.1 Å². The second kappa shape index (κ2) is 7.07. The van der Waals surface area contributed by atoms with Gasteiger partial charge < -0.3 is 9.73 Å². The Morgan fingerprint density at radius 1 is 1.33 bits per heavy atom. The predicted octanol–water partition coefficient (Wildman–Crippen LogP) is 3.50. The minimum Gasteiger partial charge on any atom is -0.441 e. The van der Waals surface area contributed by atoms with Crippen LogP contribution in [-0.4, -0.2) is 16.9 Å². The number of hydrogen-bond donors (Lipinski definition) is 1. The maximum absolute atomic E-state index is 11.8. The van der Waals surface area contributed by atoms with Crippen molar-refractivity contribution < 1.29 is 9.21 Å². The fourth-order valence-corrected chi connectivity index (χ4v) is 2.05. The molecule has 1 heterocycles. The van der Waals surface area contributed by atoms with Gasteiger partial charge in [-0.2, -0.15) is 0 Å². The molecule has 1 unspecified atom stereocenters. The van der Waals surface area contributed by atoms with Gasteiger partial charge in [-0.05, 0) is 32.4 Å². The lowest BCUT2D eigenvalue weighted by atomic mass is 10.2. The molecule has 112 valence electrons. The number of aryl methyl sites for hydroxylation is 2. The number of nitrogens with zero attached hydrogens (tertiary/aromatic N) is 1. The molecule has 1 aromatic carbocycles. The average molecular weight is 286 g/mol. The number of carbonyl (C=O) groups is 1. The molecule has 0 saturated heterocycles. The van der Waals surface area contributed by atoms with Gasteiger partial charge in [0.05, 0.1) is 5.69 Å². The fraction of sp³-hybridized carbons (Fsp3) is 0.412. The maximum atomic E-state index is 11.8. The van der Waals surface area contributed by atoms with Gasteiger partial charge >= 0.3 is 0 Å². The van der Waals surface area contributed by atoms with Crippen LogP contribution in [0.15, 0.2) is 34.7 Å². The molecule has 1 aromatic heterocycles. The Labute approximate surface area is 125 Å². The molecule has 0 fully saturated rings. The van der Waals surface area contributed by atoms with Crippen LogP contribution in [0.5, 0.6) is 0 Å². The minimum atomic E-state index is 0.0630. The molecule has 0 aliphatic rings. The normalized spacial score (nSPS) is 12.1. The molecule has 0 aliphatic heterocycles. The molecule has 0 bridgehead atoms. The number of carbonyl (C=O) groups excluding carboxylic acids is 1. The maximum Gasteiger partial charge on any atom is 0.226 e. The van der Waals surface area contributed by atoms with Crippen LogP contribution >= 0.6 is 0 Å². The molecule has 1 amide bonds. The van der Waals surface area contributed by atoms with E-state index in [1.165, 1.54) is 0 Å². The summed E-state index contributed by atoms with van der Waals surface area (Å²) >= 11 is 0. The summed E-state index contributed by atoms with van der Waals surface area (Å²) in [6.45, 7) is 5.95. The second-order valence-corrected chi connectivity index (χ2v) is 5.26. The number of hydrogen-bond acceptors (Lipinski definition) is 3.